The Labute approximate surface area is 134 Å². The zero-order valence-corrected chi connectivity index (χ0v) is 14.6. The minimum atomic E-state index is 0.445. The Hall–Kier alpha value is -1.26. The lowest BCUT2D eigenvalue weighted by Crippen LogP contribution is -2.21. The molecule has 0 fully saturated rings. The van der Waals surface area contributed by atoms with Gasteiger partial charge in [0.25, 0.3) is 0 Å². The fourth-order valence-corrected chi connectivity index (χ4v) is 2.24. The molecule has 0 saturated heterocycles. The Morgan fingerprint density at radius 1 is 1.24 bits per heavy atom. The van der Waals surface area contributed by atoms with Crippen LogP contribution in [0.15, 0.2) is 33.2 Å². The molecule has 0 atom stereocenters. The van der Waals surface area contributed by atoms with E-state index in [0.29, 0.717) is 12.6 Å². The SMILES string of the molecule is Cc1cc(OCc2cc(CNC(C)C)oc2C)ccc1Br. The summed E-state index contributed by atoms with van der Waals surface area (Å²) in [6, 6.07) is 8.51. The van der Waals surface area contributed by atoms with Crippen LogP contribution in [0.5, 0.6) is 5.75 Å². The van der Waals surface area contributed by atoms with E-state index >= 15 is 0 Å². The van der Waals surface area contributed by atoms with Crippen LogP contribution in [0.4, 0.5) is 0 Å². The molecule has 0 amide bonds. The molecule has 21 heavy (non-hydrogen) atoms. The van der Waals surface area contributed by atoms with Crippen LogP contribution in [0, 0.1) is 13.8 Å². The van der Waals surface area contributed by atoms with Crippen molar-refractivity contribution in [2.75, 3.05) is 0 Å². The Morgan fingerprint density at radius 2 is 2.00 bits per heavy atom. The van der Waals surface area contributed by atoms with Crippen molar-refractivity contribution in [2.45, 2.75) is 46.9 Å². The summed E-state index contributed by atoms with van der Waals surface area (Å²) in [5.41, 5.74) is 2.26. The quantitative estimate of drug-likeness (QED) is 0.816. The molecule has 2 aromatic rings. The highest BCUT2D eigenvalue weighted by Crippen LogP contribution is 2.23. The summed E-state index contributed by atoms with van der Waals surface area (Å²) >= 11 is 3.49. The Balaban J connectivity index is 1.97. The molecule has 0 aliphatic rings. The van der Waals surface area contributed by atoms with Gasteiger partial charge in [0.15, 0.2) is 0 Å². The van der Waals surface area contributed by atoms with Gasteiger partial charge < -0.3 is 14.5 Å². The predicted octanol–water partition coefficient (Wildman–Crippen LogP) is 4.74. The molecule has 1 heterocycles. The van der Waals surface area contributed by atoms with Crippen LogP contribution < -0.4 is 10.1 Å². The van der Waals surface area contributed by atoms with E-state index in [1.54, 1.807) is 0 Å². The molecular weight excluding hydrogens is 330 g/mol. The lowest BCUT2D eigenvalue weighted by atomic mass is 10.2. The molecular formula is C17H22BrNO2. The van der Waals surface area contributed by atoms with E-state index in [-0.39, 0.29) is 0 Å². The van der Waals surface area contributed by atoms with E-state index in [9.17, 15) is 0 Å². The number of hydrogen-bond donors (Lipinski definition) is 1. The molecule has 3 nitrogen and oxygen atoms in total. The van der Waals surface area contributed by atoms with Crippen LogP contribution in [-0.2, 0) is 13.2 Å². The minimum absolute atomic E-state index is 0.445. The van der Waals surface area contributed by atoms with Crippen molar-refractivity contribution in [1.29, 1.82) is 0 Å². The molecule has 2 rings (SSSR count). The summed E-state index contributed by atoms with van der Waals surface area (Å²) in [5.74, 6) is 2.74. The Morgan fingerprint density at radius 3 is 2.67 bits per heavy atom. The van der Waals surface area contributed by atoms with Gasteiger partial charge in [-0.1, -0.05) is 29.8 Å². The molecule has 0 saturated carbocycles. The van der Waals surface area contributed by atoms with Crippen molar-refractivity contribution in [1.82, 2.24) is 5.32 Å². The smallest absolute Gasteiger partial charge is 0.120 e. The second-order valence-electron chi connectivity index (χ2n) is 5.53. The highest BCUT2D eigenvalue weighted by molar-refractivity contribution is 9.10. The van der Waals surface area contributed by atoms with Crippen molar-refractivity contribution in [3.05, 3.63) is 51.4 Å². The molecule has 114 valence electrons. The zero-order valence-electron chi connectivity index (χ0n) is 13.0. The standard InChI is InChI=1S/C17H22BrNO2/c1-11(2)19-9-16-8-14(13(4)21-16)10-20-15-5-6-17(18)12(3)7-15/h5-8,11,19H,9-10H2,1-4H3. The number of halogens is 1. The van der Waals surface area contributed by atoms with Crippen LogP contribution in [0.2, 0.25) is 0 Å². The van der Waals surface area contributed by atoms with Gasteiger partial charge >= 0.3 is 0 Å². The third kappa shape index (κ3) is 4.61. The van der Waals surface area contributed by atoms with Crippen molar-refractivity contribution < 1.29 is 9.15 Å². The van der Waals surface area contributed by atoms with Crippen LogP contribution in [-0.4, -0.2) is 6.04 Å². The second kappa shape index (κ2) is 7.14. The number of benzene rings is 1. The van der Waals surface area contributed by atoms with E-state index in [2.05, 4.69) is 48.1 Å². The van der Waals surface area contributed by atoms with Crippen LogP contribution >= 0.6 is 15.9 Å². The summed E-state index contributed by atoms with van der Waals surface area (Å²) < 4.78 is 12.7. The molecule has 0 spiro atoms. The van der Waals surface area contributed by atoms with Gasteiger partial charge in [0.1, 0.15) is 23.9 Å². The lowest BCUT2D eigenvalue weighted by molar-refractivity contribution is 0.302. The molecule has 4 heteroatoms. The minimum Gasteiger partial charge on any atom is -0.489 e. The highest BCUT2D eigenvalue weighted by atomic mass is 79.9. The van der Waals surface area contributed by atoms with E-state index in [4.69, 9.17) is 9.15 Å². The van der Waals surface area contributed by atoms with E-state index < -0.39 is 0 Å². The van der Waals surface area contributed by atoms with E-state index in [1.165, 1.54) is 5.56 Å². The first-order chi connectivity index (χ1) is 9.95. The summed E-state index contributed by atoms with van der Waals surface area (Å²) in [7, 11) is 0. The van der Waals surface area contributed by atoms with Crippen molar-refractivity contribution in [3.8, 4) is 5.75 Å². The normalized spacial score (nSPS) is 11.1. The lowest BCUT2D eigenvalue weighted by Gasteiger charge is -2.07. The second-order valence-corrected chi connectivity index (χ2v) is 6.38. The molecule has 0 bridgehead atoms. The van der Waals surface area contributed by atoms with Gasteiger partial charge in [-0.15, -0.1) is 0 Å². The van der Waals surface area contributed by atoms with Gasteiger partial charge in [0, 0.05) is 16.1 Å². The molecule has 0 unspecified atom stereocenters. The van der Waals surface area contributed by atoms with Crippen LogP contribution in [0.3, 0.4) is 0 Å². The third-order valence-corrected chi connectivity index (χ3v) is 4.17. The topological polar surface area (TPSA) is 34.4 Å². The largest absolute Gasteiger partial charge is 0.489 e. The average molecular weight is 352 g/mol. The van der Waals surface area contributed by atoms with Gasteiger partial charge in [0.2, 0.25) is 0 Å². The van der Waals surface area contributed by atoms with Crippen molar-refractivity contribution in [3.63, 3.8) is 0 Å². The van der Waals surface area contributed by atoms with Gasteiger partial charge in [-0.05, 0) is 43.7 Å². The highest BCUT2D eigenvalue weighted by Gasteiger charge is 2.09. The first-order valence-corrected chi connectivity index (χ1v) is 7.95. The number of furan rings is 1. The summed E-state index contributed by atoms with van der Waals surface area (Å²) in [6.45, 7) is 9.54. The van der Waals surface area contributed by atoms with E-state index in [1.807, 2.05) is 25.1 Å². The molecule has 1 aromatic carbocycles. The van der Waals surface area contributed by atoms with Crippen molar-refractivity contribution in [2.24, 2.45) is 0 Å². The Kier molecular flexibility index (Phi) is 5.48. The maximum absolute atomic E-state index is 5.85. The van der Waals surface area contributed by atoms with E-state index in [0.717, 1.165) is 33.9 Å². The van der Waals surface area contributed by atoms with Gasteiger partial charge in [-0.25, -0.2) is 0 Å². The summed E-state index contributed by atoms with van der Waals surface area (Å²) in [6.07, 6.45) is 0. The Bertz CT molecular complexity index is 605. The summed E-state index contributed by atoms with van der Waals surface area (Å²) in [4.78, 5) is 0. The van der Waals surface area contributed by atoms with Crippen LogP contribution in [0.1, 0.15) is 36.5 Å². The first kappa shape index (κ1) is 16.1. The van der Waals surface area contributed by atoms with Gasteiger partial charge in [0.05, 0.1) is 6.54 Å². The molecule has 0 aliphatic heterocycles. The number of hydrogen-bond acceptors (Lipinski definition) is 3. The van der Waals surface area contributed by atoms with Gasteiger partial charge in [-0.3, -0.25) is 0 Å². The zero-order chi connectivity index (χ0) is 15.4. The average Bonchev–Trinajstić information content (AvgIpc) is 2.78. The van der Waals surface area contributed by atoms with Gasteiger partial charge in [-0.2, -0.15) is 0 Å². The fraction of sp³-hybridized carbons (Fsp3) is 0.412. The first-order valence-electron chi connectivity index (χ1n) is 7.16. The molecule has 1 aromatic heterocycles. The fourth-order valence-electron chi connectivity index (χ4n) is 1.99. The number of aryl methyl sites for hydroxylation is 2. The molecule has 1 N–H and O–H groups in total. The maximum Gasteiger partial charge on any atom is 0.120 e. The monoisotopic (exact) mass is 351 g/mol. The number of rotatable bonds is 6. The predicted molar refractivity (Wildman–Crippen MR) is 88.6 cm³/mol. The molecule has 0 radical (unpaired) electrons. The number of ether oxygens (including phenoxy) is 1. The molecule has 0 aliphatic carbocycles. The maximum atomic E-state index is 5.85. The third-order valence-electron chi connectivity index (χ3n) is 3.28. The van der Waals surface area contributed by atoms with Crippen molar-refractivity contribution >= 4 is 15.9 Å². The summed E-state index contributed by atoms with van der Waals surface area (Å²) in [5, 5.41) is 3.35. The van der Waals surface area contributed by atoms with Crippen LogP contribution in [0.25, 0.3) is 0 Å². The number of nitrogens with one attached hydrogen (secondary N) is 1.